The van der Waals surface area contributed by atoms with E-state index in [0.29, 0.717) is 11.6 Å². The van der Waals surface area contributed by atoms with Gasteiger partial charge in [-0.25, -0.2) is 0 Å². The van der Waals surface area contributed by atoms with Gasteiger partial charge < -0.3 is 10.5 Å². The van der Waals surface area contributed by atoms with Gasteiger partial charge in [-0.15, -0.1) is 0 Å². The number of hydrogen-bond donors (Lipinski definition) is 1. The van der Waals surface area contributed by atoms with Crippen LogP contribution in [-0.2, 0) is 6.54 Å². The number of nitrogens with two attached hydrogens (primary N) is 1. The van der Waals surface area contributed by atoms with Crippen molar-refractivity contribution >= 4 is 11.6 Å². The topological polar surface area (TPSA) is 48.1 Å². The Morgan fingerprint density at radius 1 is 1.26 bits per heavy atom. The molecule has 1 aromatic carbocycles. The molecule has 0 amide bonds. The third-order valence-electron chi connectivity index (χ3n) is 2.67. The summed E-state index contributed by atoms with van der Waals surface area (Å²) in [4.78, 5) is 4.19. The molecule has 100 valence electrons. The van der Waals surface area contributed by atoms with Crippen LogP contribution in [0.1, 0.15) is 19.4 Å². The lowest BCUT2D eigenvalue weighted by Crippen LogP contribution is -2.05. The number of hydrogen-bond acceptors (Lipinski definition) is 3. The van der Waals surface area contributed by atoms with Crippen LogP contribution < -0.4 is 10.5 Å². The summed E-state index contributed by atoms with van der Waals surface area (Å²) in [5.41, 5.74) is 8.47. The zero-order chi connectivity index (χ0) is 13.8. The van der Waals surface area contributed by atoms with E-state index in [1.54, 1.807) is 12.4 Å². The van der Waals surface area contributed by atoms with E-state index in [4.69, 9.17) is 22.1 Å². The highest BCUT2D eigenvalue weighted by molar-refractivity contribution is 6.33. The van der Waals surface area contributed by atoms with Crippen molar-refractivity contribution in [3.63, 3.8) is 0 Å². The zero-order valence-electron chi connectivity index (χ0n) is 11.1. The Kier molecular flexibility index (Phi) is 4.40. The molecule has 0 spiro atoms. The molecule has 0 aliphatic heterocycles. The Labute approximate surface area is 118 Å². The third kappa shape index (κ3) is 3.46. The number of nitrogens with zero attached hydrogens (tertiary/aromatic N) is 1. The number of pyridine rings is 1. The first kappa shape index (κ1) is 13.8. The Hall–Kier alpha value is -1.58. The minimum atomic E-state index is 0.118. The summed E-state index contributed by atoms with van der Waals surface area (Å²) in [7, 11) is 0. The van der Waals surface area contributed by atoms with Crippen molar-refractivity contribution in [1.82, 2.24) is 4.98 Å². The molecular formula is C15H17ClN2O. The van der Waals surface area contributed by atoms with Gasteiger partial charge in [0.05, 0.1) is 12.3 Å². The van der Waals surface area contributed by atoms with E-state index in [9.17, 15) is 0 Å². The molecule has 0 saturated carbocycles. The van der Waals surface area contributed by atoms with Crippen molar-refractivity contribution in [2.45, 2.75) is 26.5 Å². The number of halogens is 1. The number of aromatic nitrogens is 1. The Morgan fingerprint density at radius 3 is 2.68 bits per heavy atom. The second kappa shape index (κ2) is 6.04. The molecule has 2 aromatic rings. The first-order valence-corrected chi connectivity index (χ1v) is 6.58. The largest absolute Gasteiger partial charge is 0.489 e. The maximum absolute atomic E-state index is 6.28. The number of ether oxygens (including phenoxy) is 1. The van der Waals surface area contributed by atoms with E-state index in [0.717, 1.165) is 22.4 Å². The Balaban J connectivity index is 2.36. The van der Waals surface area contributed by atoms with E-state index in [1.165, 1.54) is 0 Å². The van der Waals surface area contributed by atoms with Gasteiger partial charge in [-0.05, 0) is 31.5 Å². The van der Waals surface area contributed by atoms with Crippen LogP contribution in [0, 0.1) is 0 Å². The smallest absolute Gasteiger partial charge is 0.138 e. The second-order valence-corrected chi connectivity index (χ2v) is 5.00. The fraction of sp³-hybridized carbons (Fsp3) is 0.267. The van der Waals surface area contributed by atoms with E-state index < -0.39 is 0 Å². The van der Waals surface area contributed by atoms with Gasteiger partial charge in [0, 0.05) is 28.9 Å². The minimum Gasteiger partial charge on any atom is -0.489 e. The van der Waals surface area contributed by atoms with Crippen molar-refractivity contribution in [2.24, 2.45) is 5.73 Å². The quantitative estimate of drug-likeness (QED) is 0.927. The lowest BCUT2D eigenvalue weighted by molar-refractivity contribution is 0.241. The molecule has 3 nitrogen and oxygen atoms in total. The standard InChI is InChI=1S/C15H17ClN2O/c1-10(2)19-13-6-12(8-18-9-13)14-4-3-11(7-17)5-15(14)16/h3-6,8-10H,7,17H2,1-2H3. The fourth-order valence-corrected chi connectivity index (χ4v) is 2.13. The molecule has 1 heterocycles. The fourth-order valence-electron chi connectivity index (χ4n) is 1.82. The molecule has 19 heavy (non-hydrogen) atoms. The SMILES string of the molecule is CC(C)Oc1cncc(-c2ccc(CN)cc2Cl)c1. The molecule has 1 aromatic heterocycles. The molecule has 0 aliphatic rings. The molecule has 0 saturated heterocycles. The molecule has 0 radical (unpaired) electrons. The number of rotatable bonds is 4. The van der Waals surface area contributed by atoms with Crippen LogP contribution in [0.15, 0.2) is 36.7 Å². The summed E-state index contributed by atoms with van der Waals surface area (Å²) in [6.45, 7) is 4.44. The van der Waals surface area contributed by atoms with Crippen LogP contribution in [-0.4, -0.2) is 11.1 Å². The summed E-state index contributed by atoms with van der Waals surface area (Å²) in [5, 5.41) is 0.673. The summed E-state index contributed by atoms with van der Waals surface area (Å²) in [6, 6.07) is 7.75. The average molecular weight is 277 g/mol. The Morgan fingerprint density at radius 2 is 2.05 bits per heavy atom. The van der Waals surface area contributed by atoms with E-state index >= 15 is 0 Å². The predicted octanol–water partition coefficient (Wildman–Crippen LogP) is 3.65. The summed E-state index contributed by atoms with van der Waals surface area (Å²) >= 11 is 6.28. The molecule has 0 bridgehead atoms. The van der Waals surface area contributed by atoms with Gasteiger partial charge in [0.15, 0.2) is 0 Å². The summed E-state index contributed by atoms with van der Waals surface area (Å²) in [6.07, 6.45) is 3.59. The van der Waals surface area contributed by atoms with Gasteiger partial charge in [-0.3, -0.25) is 4.98 Å². The van der Waals surface area contributed by atoms with E-state index in [1.807, 2.05) is 38.1 Å². The lowest BCUT2D eigenvalue weighted by Gasteiger charge is -2.11. The first-order valence-electron chi connectivity index (χ1n) is 6.20. The second-order valence-electron chi connectivity index (χ2n) is 4.59. The number of benzene rings is 1. The van der Waals surface area contributed by atoms with Crippen LogP contribution in [0.25, 0.3) is 11.1 Å². The van der Waals surface area contributed by atoms with Crippen LogP contribution >= 0.6 is 11.6 Å². The van der Waals surface area contributed by atoms with Gasteiger partial charge in [0.1, 0.15) is 5.75 Å². The summed E-state index contributed by atoms with van der Waals surface area (Å²) in [5.74, 6) is 0.742. The maximum atomic E-state index is 6.28. The van der Waals surface area contributed by atoms with Crippen LogP contribution in [0.3, 0.4) is 0 Å². The average Bonchev–Trinajstić information content (AvgIpc) is 2.38. The zero-order valence-corrected chi connectivity index (χ0v) is 11.8. The molecule has 0 aliphatic carbocycles. The molecule has 0 unspecified atom stereocenters. The van der Waals surface area contributed by atoms with Crippen LogP contribution in [0.5, 0.6) is 5.75 Å². The van der Waals surface area contributed by atoms with Gasteiger partial charge in [0.2, 0.25) is 0 Å². The molecule has 0 fully saturated rings. The first-order chi connectivity index (χ1) is 9.10. The predicted molar refractivity (Wildman–Crippen MR) is 78.3 cm³/mol. The third-order valence-corrected chi connectivity index (χ3v) is 2.98. The van der Waals surface area contributed by atoms with E-state index in [-0.39, 0.29) is 6.10 Å². The van der Waals surface area contributed by atoms with Crippen molar-refractivity contribution in [3.8, 4) is 16.9 Å². The van der Waals surface area contributed by atoms with Gasteiger partial charge in [-0.1, -0.05) is 23.7 Å². The van der Waals surface area contributed by atoms with Crippen molar-refractivity contribution < 1.29 is 4.74 Å². The van der Waals surface area contributed by atoms with Gasteiger partial charge >= 0.3 is 0 Å². The molecule has 0 atom stereocenters. The molecular weight excluding hydrogens is 260 g/mol. The Bertz CT molecular complexity index is 570. The van der Waals surface area contributed by atoms with Crippen molar-refractivity contribution in [3.05, 3.63) is 47.2 Å². The molecule has 4 heteroatoms. The normalized spacial score (nSPS) is 10.8. The minimum absolute atomic E-state index is 0.118. The van der Waals surface area contributed by atoms with Crippen molar-refractivity contribution in [1.29, 1.82) is 0 Å². The monoisotopic (exact) mass is 276 g/mol. The molecule has 2 N–H and O–H groups in total. The van der Waals surface area contributed by atoms with Crippen LogP contribution in [0.4, 0.5) is 0 Å². The highest BCUT2D eigenvalue weighted by Crippen LogP contribution is 2.30. The van der Waals surface area contributed by atoms with Gasteiger partial charge in [0.25, 0.3) is 0 Å². The molecule has 2 rings (SSSR count). The highest BCUT2D eigenvalue weighted by atomic mass is 35.5. The van der Waals surface area contributed by atoms with E-state index in [2.05, 4.69) is 4.98 Å². The maximum Gasteiger partial charge on any atom is 0.138 e. The highest BCUT2D eigenvalue weighted by Gasteiger charge is 2.07. The van der Waals surface area contributed by atoms with Gasteiger partial charge in [-0.2, -0.15) is 0 Å². The lowest BCUT2D eigenvalue weighted by atomic mass is 10.1. The summed E-state index contributed by atoms with van der Waals surface area (Å²) < 4.78 is 5.64. The van der Waals surface area contributed by atoms with Crippen LogP contribution in [0.2, 0.25) is 5.02 Å². The van der Waals surface area contributed by atoms with Crippen molar-refractivity contribution in [2.75, 3.05) is 0 Å².